The van der Waals surface area contributed by atoms with Gasteiger partial charge in [-0.05, 0) is 40.6 Å². The van der Waals surface area contributed by atoms with Crippen molar-refractivity contribution in [1.29, 1.82) is 0 Å². The van der Waals surface area contributed by atoms with Crippen LogP contribution in [-0.4, -0.2) is 32.3 Å². The molecule has 0 aliphatic carbocycles. The number of furan rings is 1. The van der Waals surface area contributed by atoms with Gasteiger partial charge < -0.3 is 9.52 Å². The molecule has 0 radical (unpaired) electrons. The monoisotopic (exact) mass is 409 g/mol. The van der Waals surface area contributed by atoms with Gasteiger partial charge in [0, 0.05) is 11.8 Å². The van der Waals surface area contributed by atoms with E-state index in [0.29, 0.717) is 17.7 Å². The molecule has 0 saturated carbocycles. The molecule has 0 aliphatic rings. The molecular formula is C22H19NO5S. The number of fused-ring (bicyclic) bond motifs is 2. The van der Waals surface area contributed by atoms with E-state index in [1.165, 1.54) is 5.39 Å². The van der Waals surface area contributed by atoms with Gasteiger partial charge in [0.1, 0.15) is 17.9 Å². The average Bonchev–Trinajstić information content (AvgIpc) is 3.06. The highest BCUT2D eigenvalue weighted by Gasteiger charge is 2.21. The first-order chi connectivity index (χ1) is 13.8. The molecule has 0 aliphatic heterocycles. The third-order valence-corrected chi connectivity index (χ3v) is 5.85. The molecule has 7 heteroatoms. The summed E-state index contributed by atoms with van der Waals surface area (Å²) in [7, 11) is -3.72. The first kappa shape index (κ1) is 19.0. The first-order valence-corrected chi connectivity index (χ1v) is 10.8. The summed E-state index contributed by atoms with van der Waals surface area (Å²) in [6.07, 6.45) is 1.58. The zero-order chi connectivity index (χ0) is 20.6. The minimum absolute atomic E-state index is 0.292. The Morgan fingerprint density at radius 3 is 2.45 bits per heavy atom. The predicted molar refractivity (Wildman–Crippen MR) is 113 cm³/mol. The smallest absolute Gasteiger partial charge is 0.324 e. The zero-order valence-electron chi connectivity index (χ0n) is 15.7. The molecular weight excluding hydrogens is 390 g/mol. The summed E-state index contributed by atoms with van der Waals surface area (Å²) < 4.78 is 30.8. The molecule has 29 heavy (non-hydrogen) atoms. The molecule has 6 nitrogen and oxygen atoms in total. The number of hydrogen-bond donors (Lipinski definition) is 1. The minimum atomic E-state index is -3.72. The molecule has 0 saturated heterocycles. The second-order valence-corrected chi connectivity index (χ2v) is 8.86. The molecule has 0 amide bonds. The van der Waals surface area contributed by atoms with E-state index in [1.807, 2.05) is 18.2 Å². The molecule has 0 spiro atoms. The molecule has 1 heterocycles. The van der Waals surface area contributed by atoms with Crippen molar-refractivity contribution in [2.45, 2.75) is 6.42 Å². The summed E-state index contributed by atoms with van der Waals surface area (Å²) in [6, 6.07) is 21.1. The molecule has 4 aromatic rings. The summed E-state index contributed by atoms with van der Waals surface area (Å²) in [5.74, 6) is -0.476. The fraction of sp³-hybridized carbons (Fsp3) is 0.136. The van der Waals surface area contributed by atoms with E-state index in [0.717, 1.165) is 32.7 Å². The van der Waals surface area contributed by atoms with Gasteiger partial charge in [-0.3, -0.25) is 9.10 Å². The van der Waals surface area contributed by atoms with Crippen LogP contribution in [0.2, 0.25) is 0 Å². The average molecular weight is 409 g/mol. The topological polar surface area (TPSA) is 87.8 Å². The van der Waals surface area contributed by atoms with Gasteiger partial charge in [-0.1, -0.05) is 42.5 Å². The lowest BCUT2D eigenvalue weighted by atomic mass is 10.0. The van der Waals surface area contributed by atoms with Gasteiger partial charge in [0.25, 0.3) is 0 Å². The van der Waals surface area contributed by atoms with Gasteiger partial charge in [0.2, 0.25) is 10.0 Å². The number of benzene rings is 3. The fourth-order valence-electron chi connectivity index (χ4n) is 3.40. The highest BCUT2D eigenvalue weighted by Crippen LogP contribution is 2.28. The maximum absolute atomic E-state index is 12.0. The Bertz CT molecular complexity index is 1320. The SMILES string of the molecule is CS(=O)(=O)N(CC(=O)O)c1ccc2oc(Cc3ccc4ccccc4c3)cc2c1. The van der Waals surface area contributed by atoms with Crippen LogP contribution in [0.5, 0.6) is 0 Å². The summed E-state index contributed by atoms with van der Waals surface area (Å²) in [4.78, 5) is 11.1. The zero-order valence-corrected chi connectivity index (χ0v) is 16.5. The van der Waals surface area contributed by atoms with E-state index in [2.05, 4.69) is 30.3 Å². The largest absolute Gasteiger partial charge is 0.480 e. The van der Waals surface area contributed by atoms with Crippen LogP contribution in [0.15, 0.2) is 71.1 Å². The predicted octanol–water partition coefficient (Wildman–Crippen LogP) is 4.03. The number of carbonyl (C=O) groups is 1. The van der Waals surface area contributed by atoms with E-state index in [-0.39, 0.29) is 0 Å². The van der Waals surface area contributed by atoms with Crippen LogP contribution in [-0.2, 0) is 21.2 Å². The van der Waals surface area contributed by atoms with Crippen LogP contribution >= 0.6 is 0 Å². The van der Waals surface area contributed by atoms with E-state index >= 15 is 0 Å². The molecule has 1 N–H and O–H groups in total. The van der Waals surface area contributed by atoms with Crippen molar-refractivity contribution in [3.05, 3.63) is 78.1 Å². The van der Waals surface area contributed by atoms with Crippen molar-refractivity contribution < 1.29 is 22.7 Å². The summed E-state index contributed by atoms with van der Waals surface area (Å²) in [5.41, 5.74) is 2.01. The van der Waals surface area contributed by atoms with Crippen molar-refractivity contribution in [2.24, 2.45) is 0 Å². The number of anilines is 1. The van der Waals surface area contributed by atoms with E-state index in [4.69, 9.17) is 9.52 Å². The lowest BCUT2D eigenvalue weighted by Crippen LogP contribution is -2.34. The minimum Gasteiger partial charge on any atom is -0.480 e. The highest BCUT2D eigenvalue weighted by atomic mass is 32.2. The Labute approximate surface area is 168 Å². The van der Waals surface area contributed by atoms with Crippen molar-refractivity contribution in [3.63, 3.8) is 0 Å². The van der Waals surface area contributed by atoms with Crippen LogP contribution in [0.1, 0.15) is 11.3 Å². The van der Waals surface area contributed by atoms with Crippen LogP contribution in [0.3, 0.4) is 0 Å². The van der Waals surface area contributed by atoms with Crippen molar-refractivity contribution >= 4 is 43.4 Å². The fourth-order valence-corrected chi connectivity index (χ4v) is 4.24. The van der Waals surface area contributed by atoms with Crippen LogP contribution in [0, 0.1) is 0 Å². The number of hydrogen-bond acceptors (Lipinski definition) is 4. The van der Waals surface area contributed by atoms with E-state index in [1.54, 1.807) is 18.2 Å². The quantitative estimate of drug-likeness (QED) is 0.520. The standard InChI is InChI=1S/C22H19NO5S/c1-29(26,27)23(14-22(24)25)19-8-9-21-18(12-19)13-20(28-21)11-15-6-7-16-4-2-3-5-17(16)10-15/h2-10,12-13H,11,14H2,1H3,(H,24,25). The van der Waals surface area contributed by atoms with Gasteiger partial charge in [-0.15, -0.1) is 0 Å². The van der Waals surface area contributed by atoms with Gasteiger partial charge >= 0.3 is 5.97 Å². The molecule has 3 aromatic carbocycles. The lowest BCUT2D eigenvalue weighted by Gasteiger charge is -2.20. The lowest BCUT2D eigenvalue weighted by molar-refractivity contribution is -0.135. The molecule has 0 atom stereocenters. The molecule has 0 fully saturated rings. The second-order valence-electron chi connectivity index (χ2n) is 6.96. The molecule has 0 unspecified atom stereocenters. The highest BCUT2D eigenvalue weighted by molar-refractivity contribution is 7.92. The summed E-state index contributed by atoms with van der Waals surface area (Å²) in [5, 5.41) is 12.1. The van der Waals surface area contributed by atoms with Crippen LogP contribution in [0.25, 0.3) is 21.7 Å². The molecule has 1 aromatic heterocycles. The van der Waals surface area contributed by atoms with Crippen molar-refractivity contribution in [3.8, 4) is 0 Å². The summed E-state index contributed by atoms with van der Waals surface area (Å²) in [6.45, 7) is -0.633. The first-order valence-electron chi connectivity index (χ1n) is 8.99. The van der Waals surface area contributed by atoms with Gasteiger partial charge in [0.15, 0.2) is 0 Å². The Morgan fingerprint density at radius 1 is 0.966 bits per heavy atom. The normalized spacial score (nSPS) is 11.8. The number of aliphatic carboxylic acids is 1. The van der Waals surface area contributed by atoms with Crippen LogP contribution < -0.4 is 4.31 Å². The number of rotatable bonds is 6. The Morgan fingerprint density at radius 2 is 1.72 bits per heavy atom. The third kappa shape index (κ3) is 4.09. The maximum atomic E-state index is 12.0. The van der Waals surface area contributed by atoms with E-state index in [9.17, 15) is 13.2 Å². The van der Waals surface area contributed by atoms with Crippen LogP contribution in [0.4, 0.5) is 5.69 Å². The summed E-state index contributed by atoms with van der Waals surface area (Å²) >= 11 is 0. The number of carboxylic acid groups (broad SMARTS) is 1. The number of nitrogens with zero attached hydrogens (tertiary/aromatic N) is 1. The van der Waals surface area contributed by atoms with Gasteiger partial charge in [-0.2, -0.15) is 0 Å². The van der Waals surface area contributed by atoms with E-state index < -0.39 is 22.5 Å². The Kier molecular flexibility index (Phi) is 4.76. The van der Waals surface area contributed by atoms with Crippen molar-refractivity contribution in [2.75, 3.05) is 17.1 Å². The van der Waals surface area contributed by atoms with Gasteiger partial charge in [0.05, 0.1) is 11.9 Å². The Hall–Kier alpha value is -3.32. The third-order valence-electron chi connectivity index (χ3n) is 4.71. The van der Waals surface area contributed by atoms with Gasteiger partial charge in [-0.25, -0.2) is 8.42 Å². The Balaban J connectivity index is 1.66. The number of carboxylic acids is 1. The second kappa shape index (κ2) is 7.25. The maximum Gasteiger partial charge on any atom is 0.324 e. The van der Waals surface area contributed by atoms with Crippen molar-refractivity contribution in [1.82, 2.24) is 0 Å². The molecule has 148 valence electrons. The molecule has 4 rings (SSSR count). The molecule has 0 bridgehead atoms. The number of sulfonamides is 1.